The van der Waals surface area contributed by atoms with Gasteiger partial charge >= 0.3 is 0 Å². The lowest BCUT2D eigenvalue weighted by Crippen LogP contribution is -2.47. The monoisotopic (exact) mass is 283 g/mol. The van der Waals surface area contributed by atoms with Crippen LogP contribution in [0.2, 0.25) is 0 Å². The lowest BCUT2D eigenvalue weighted by molar-refractivity contribution is 0.0640. The minimum atomic E-state index is 0.00282. The predicted molar refractivity (Wildman–Crippen MR) is 78.7 cm³/mol. The van der Waals surface area contributed by atoms with Crippen LogP contribution in [0, 0.1) is 0 Å². The Morgan fingerprint density at radius 2 is 2.32 bits per heavy atom. The Labute approximate surface area is 117 Å². The lowest BCUT2D eigenvalue weighted by Gasteiger charge is -2.35. The van der Waals surface area contributed by atoms with E-state index in [-0.39, 0.29) is 5.91 Å². The zero-order chi connectivity index (χ0) is 14.0. The molecule has 6 nitrogen and oxygen atoms in total. The van der Waals surface area contributed by atoms with Crippen LogP contribution in [0.3, 0.4) is 0 Å². The summed E-state index contributed by atoms with van der Waals surface area (Å²) in [5.41, 5.74) is 5.82. The third-order valence-corrected chi connectivity index (χ3v) is 4.55. The van der Waals surface area contributed by atoms with Crippen molar-refractivity contribution in [2.24, 2.45) is 0 Å². The van der Waals surface area contributed by atoms with Gasteiger partial charge in [-0.3, -0.25) is 4.79 Å². The fourth-order valence-corrected chi connectivity index (χ4v) is 3.10. The van der Waals surface area contributed by atoms with Crippen molar-refractivity contribution in [1.82, 2.24) is 14.8 Å². The van der Waals surface area contributed by atoms with Gasteiger partial charge in [0.15, 0.2) is 5.13 Å². The molecule has 0 spiro atoms. The largest absolute Gasteiger partial charge is 0.382 e. The minimum absolute atomic E-state index is 0.00282. The molecule has 1 aromatic heterocycles. The van der Waals surface area contributed by atoms with Crippen molar-refractivity contribution < 1.29 is 4.79 Å². The summed E-state index contributed by atoms with van der Waals surface area (Å²) in [4.78, 5) is 21.2. The highest BCUT2D eigenvalue weighted by molar-refractivity contribution is 7.18. The van der Waals surface area contributed by atoms with Crippen LogP contribution in [0.25, 0.3) is 0 Å². The second-order valence-corrected chi connectivity index (χ2v) is 5.99. The van der Waals surface area contributed by atoms with Gasteiger partial charge in [-0.05, 0) is 26.9 Å². The Bertz CT molecular complexity index is 459. The quantitative estimate of drug-likeness (QED) is 0.863. The van der Waals surface area contributed by atoms with Crippen molar-refractivity contribution in [2.45, 2.75) is 18.9 Å². The summed E-state index contributed by atoms with van der Waals surface area (Å²) in [6, 6.07) is 0.426. The number of likely N-dealkylation sites (N-methyl/N-ethyl adjacent to an activating group) is 1. The van der Waals surface area contributed by atoms with Crippen LogP contribution in [0.4, 0.5) is 10.9 Å². The minimum Gasteiger partial charge on any atom is -0.382 e. The van der Waals surface area contributed by atoms with Gasteiger partial charge in [0.2, 0.25) is 0 Å². The molecular weight excluding hydrogens is 262 g/mol. The molecule has 2 rings (SSSR count). The molecule has 1 aliphatic rings. The number of nitrogen functional groups attached to an aromatic ring is 1. The number of thiazole rings is 1. The van der Waals surface area contributed by atoms with E-state index in [1.54, 1.807) is 7.05 Å². The number of nitrogens with two attached hydrogens (primary N) is 1. The molecule has 3 N–H and O–H groups in total. The Morgan fingerprint density at radius 1 is 1.58 bits per heavy atom. The average Bonchev–Trinajstić information content (AvgIpc) is 2.79. The van der Waals surface area contributed by atoms with E-state index in [4.69, 9.17) is 5.73 Å². The normalized spacial score (nSPS) is 19.8. The molecule has 0 aromatic carbocycles. The molecule has 1 unspecified atom stereocenters. The molecule has 0 saturated carbocycles. The van der Waals surface area contributed by atoms with Crippen LogP contribution in [0.5, 0.6) is 0 Å². The standard InChI is InChI=1S/C12H21N5OS/c1-14-12-15-10(13)9(19-12)11(18)17-6-4-5-8(7-17)16(2)3/h8H,4-7,13H2,1-3H3,(H,14,15). The van der Waals surface area contributed by atoms with E-state index in [2.05, 4.69) is 29.3 Å². The molecular formula is C12H21N5OS. The Balaban J connectivity index is 2.12. The first kappa shape index (κ1) is 14.1. The summed E-state index contributed by atoms with van der Waals surface area (Å²) in [6.07, 6.45) is 2.17. The van der Waals surface area contributed by atoms with Crippen molar-refractivity contribution in [3.05, 3.63) is 4.88 Å². The topological polar surface area (TPSA) is 74.5 Å². The van der Waals surface area contributed by atoms with Crippen LogP contribution < -0.4 is 11.1 Å². The van der Waals surface area contributed by atoms with Crippen molar-refractivity contribution in [2.75, 3.05) is 45.3 Å². The number of carbonyl (C=O) groups excluding carboxylic acids is 1. The van der Waals surface area contributed by atoms with Crippen LogP contribution in [0.1, 0.15) is 22.5 Å². The summed E-state index contributed by atoms with van der Waals surface area (Å²) in [7, 11) is 5.88. The number of rotatable bonds is 3. The van der Waals surface area contributed by atoms with E-state index in [0.717, 1.165) is 25.9 Å². The van der Waals surface area contributed by atoms with E-state index < -0.39 is 0 Å². The van der Waals surface area contributed by atoms with E-state index in [9.17, 15) is 4.79 Å². The van der Waals surface area contributed by atoms with E-state index in [0.29, 0.717) is 21.9 Å². The SMILES string of the molecule is CNc1nc(N)c(C(=O)N2CCCC(N(C)C)C2)s1. The molecule has 106 valence electrons. The number of nitrogens with one attached hydrogen (secondary N) is 1. The summed E-state index contributed by atoms with van der Waals surface area (Å²) in [6.45, 7) is 1.56. The van der Waals surface area contributed by atoms with Crippen molar-refractivity contribution >= 4 is 28.2 Å². The summed E-state index contributed by atoms with van der Waals surface area (Å²) in [5, 5.41) is 3.60. The van der Waals surface area contributed by atoms with Gasteiger partial charge in [-0.25, -0.2) is 4.98 Å². The van der Waals surface area contributed by atoms with Gasteiger partial charge in [-0.2, -0.15) is 0 Å². The van der Waals surface area contributed by atoms with Crippen LogP contribution in [-0.2, 0) is 0 Å². The number of carbonyl (C=O) groups is 1. The molecule has 0 radical (unpaired) electrons. The highest BCUT2D eigenvalue weighted by Gasteiger charge is 2.28. The zero-order valence-electron chi connectivity index (χ0n) is 11.6. The van der Waals surface area contributed by atoms with Gasteiger partial charge in [0, 0.05) is 26.2 Å². The van der Waals surface area contributed by atoms with Gasteiger partial charge in [-0.1, -0.05) is 11.3 Å². The van der Waals surface area contributed by atoms with Gasteiger partial charge in [0.1, 0.15) is 10.7 Å². The average molecular weight is 283 g/mol. The third-order valence-electron chi connectivity index (χ3n) is 3.48. The number of hydrogen-bond acceptors (Lipinski definition) is 6. The van der Waals surface area contributed by atoms with Crippen molar-refractivity contribution in [3.8, 4) is 0 Å². The van der Waals surface area contributed by atoms with Crippen molar-refractivity contribution in [3.63, 3.8) is 0 Å². The highest BCUT2D eigenvalue weighted by Crippen LogP contribution is 2.27. The first-order valence-corrected chi connectivity index (χ1v) is 7.24. The van der Waals surface area contributed by atoms with Crippen LogP contribution in [0.15, 0.2) is 0 Å². The summed E-state index contributed by atoms with van der Waals surface area (Å²) >= 11 is 1.32. The van der Waals surface area contributed by atoms with Gasteiger partial charge in [0.25, 0.3) is 5.91 Å². The maximum Gasteiger partial charge on any atom is 0.267 e. The maximum atomic E-state index is 12.5. The fraction of sp³-hybridized carbons (Fsp3) is 0.667. The number of nitrogens with zero attached hydrogens (tertiary/aromatic N) is 3. The van der Waals surface area contributed by atoms with Crippen molar-refractivity contribution in [1.29, 1.82) is 0 Å². The van der Waals surface area contributed by atoms with Crippen LogP contribution >= 0.6 is 11.3 Å². The number of piperidine rings is 1. The molecule has 1 amide bonds. The zero-order valence-corrected chi connectivity index (χ0v) is 12.5. The second-order valence-electron chi connectivity index (χ2n) is 4.99. The maximum absolute atomic E-state index is 12.5. The molecule has 0 bridgehead atoms. The second kappa shape index (κ2) is 5.75. The first-order chi connectivity index (χ1) is 9.02. The molecule has 1 saturated heterocycles. The third kappa shape index (κ3) is 2.98. The molecule has 0 aliphatic carbocycles. The molecule has 7 heteroatoms. The number of anilines is 2. The molecule has 2 heterocycles. The Morgan fingerprint density at radius 3 is 2.89 bits per heavy atom. The number of aromatic nitrogens is 1. The number of likely N-dealkylation sites (tertiary alicyclic amines) is 1. The first-order valence-electron chi connectivity index (χ1n) is 6.42. The van der Waals surface area contributed by atoms with E-state index in [1.807, 2.05) is 4.90 Å². The molecule has 1 aliphatic heterocycles. The summed E-state index contributed by atoms with van der Waals surface area (Å²) in [5.74, 6) is 0.328. The lowest BCUT2D eigenvalue weighted by atomic mass is 10.0. The fourth-order valence-electron chi connectivity index (χ4n) is 2.30. The Kier molecular flexibility index (Phi) is 4.26. The van der Waals surface area contributed by atoms with E-state index in [1.165, 1.54) is 11.3 Å². The molecule has 1 fully saturated rings. The van der Waals surface area contributed by atoms with E-state index >= 15 is 0 Å². The van der Waals surface area contributed by atoms with Gasteiger partial charge in [0.05, 0.1) is 0 Å². The van der Waals surface area contributed by atoms with Gasteiger partial charge in [-0.15, -0.1) is 0 Å². The molecule has 19 heavy (non-hydrogen) atoms. The predicted octanol–water partition coefficient (Wildman–Crippen LogP) is 0.933. The van der Waals surface area contributed by atoms with Gasteiger partial charge < -0.3 is 20.9 Å². The smallest absolute Gasteiger partial charge is 0.267 e. The van der Waals surface area contributed by atoms with Crippen LogP contribution in [-0.4, -0.2) is 61.0 Å². The molecule has 1 aromatic rings. The highest BCUT2D eigenvalue weighted by atomic mass is 32.1. The Hall–Kier alpha value is -1.34. The molecule has 1 atom stereocenters. The number of amides is 1. The number of hydrogen-bond donors (Lipinski definition) is 2. The summed E-state index contributed by atoms with van der Waals surface area (Å²) < 4.78 is 0.